The van der Waals surface area contributed by atoms with Gasteiger partial charge in [0.25, 0.3) is 0 Å². The van der Waals surface area contributed by atoms with E-state index in [2.05, 4.69) is 5.16 Å². The van der Waals surface area contributed by atoms with E-state index < -0.39 is 76.0 Å². The average Bonchev–Trinajstić information content (AvgIpc) is 3.71. The van der Waals surface area contributed by atoms with Gasteiger partial charge in [-0.15, -0.1) is 0 Å². The van der Waals surface area contributed by atoms with Crippen LogP contribution in [0, 0.1) is 0 Å². The van der Waals surface area contributed by atoms with Crippen LogP contribution in [0.3, 0.4) is 0 Å². The van der Waals surface area contributed by atoms with Crippen LogP contribution < -0.4 is 14.2 Å². The highest BCUT2D eigenvalue weighted by atomic mass is 32.2. The van der Waals surface area contributed by atoms with Gasteiger partial charge in [-0.3, -0.25) is 19.2 Å². The second-order valence-corrected chi connectivity index (χ2v) is 28.6. The third-order valence-electron chi connectivity index (χ3n) is 11.7. The Hall–Kier alpha value is -7.12. The van der Waals surface area contributed by atoms with E-state index in [4.69, 9.17) is 38.1 Å². The molecule has 22 nitrogen and oxygen atoms in total. The number of rotatable bonds is 21. The Morgan fingerprint density at radius 2 is 0.951 bits per heavy atom. The minimum atomic E-state index is -3.00. The number of cyclic esters (lactones) is 3. The van der Waals surface area contributed by atoms with E-state index in [0.29, 0.717) is 97.1 Å². The Labute approximate surface area is 478 Å². The van der Waals surface area contributed by atoms with Crippen LogP contribution in [0.25, 0.3) is 0 Å². The predicted molar refractivity (Wildman–Crippen MR) is 300 cm³/mol. The number of ether oxygens (including phenoxy) is 6. The van der Waals surface area contributed by atoms with Gasteiger partial charge in [0.2, 0.25) is 0 Å². The number of allylic oxidation sites excluding steroid dienone is 1. The first kappa shape index (κ1) is 67.4. The minimum absolute atomic E-state index is 0.0188. The molecule has 0 aliphatic carbocycles. The molecule has 0 saturated carbocycles. The Bertz CT molecular complexity index is 3230. The summed E-state index contributed by atoms with van der Waals surface area (Å²) in [5.74, 6) is -0.664. The molecule has 3 aromatic carbocycles. The molecular weight excluding hydrogens is 1130 g/mol. The molecule has 82 heavy (non-hydrogen) atoms. The van der Waals surface area contributed by atoms with Gasteiger partial charge >= 0.3 is 23.9 Å². The SMILES string of the molecule is CC1(C)CC(=O)C(=C(O)Cc2ccc(OCCCS(C)(=O)=O)cc2)C(=O)O1.CC1(C)CC(=O)CC(=O)O1.CC1(C)Cc2noc(Cc3ccc(OCCCS(C)(=O)=O)cc3)c2C(=O)O1.CS(=O)(=O)CCCOc1ccc(CC(=O)O)cc1. The zero-order valence-electron chi connectivity index (χ0n) is 47.6. The van der Waals surface area contributed by atoms with Gasteiger partial charge in [-0.25, -0.2) is 34.8 Å². The molecule has 2 fully saturated rings. The lowest BCUT2D eigenvalue weighted by molar-refractivity contribution is -0.166. The number of ketones is 2. The van der Waals surface area contributed by atoms with Gasteiger partial charge in [-0.1, -0.05) is 41.6 Å². The number of benzene rings is 3. The summed E-state index contributed by atoms with van der Waals surface area (Å²) in [6.07, 6.45) is 6.13. The number of esters is 3. The molecular formula is C57H73NO21S3. The van der Waals surface area contributed by atoms with Crippen molar-refractivity contribution in [2.75, 3.05) is 55.8 Å². The highest BCUT2D eigenvalue weighted by molar-refractivity contribution is 7.91. The molecule has 3 aliphatic rings. The largest absolute Gasteiger partial charge is 0.511 e. The standard InChI is InChI=1S/C19H23NO6S.C19H24O7S.C12H16O5S.C7H10O3/c1-19(2)12-15-17(18(21)25-19)16(26-20-15)11-13-5-7-14(8-6-13)24-9-4-10-27(3,22)23;1-19(2)12-16(21)17(18(22)26-19)15(20)11-13-5-7-14(8-6-13)25-9-4-10-27(3,23)24;1-18(15,16)8-2-7-17-11-5-3-10(4-6-11)9-12(13)14;1-7(2)4-5(8)3-6(9)10-7/h5-8H,4,9-12H2,1-3H3;5-8,20H,4,9-12H2,1-3H3;3-6H,2,7-9H2,1H3,(H,13,14);3-4H2,1-2H3. The van der Waals surface area contributed by atoms with Crippen molar-refractivity contribution in [1.29, 1.82) is 0 Å². The van der Waals surface area contributed by atoms with E-state index >= 15 is 0 Å². The number of aliphatic hydroxyl groups is 1. The van der Waals surface area contributed by atoms with Gasteiger partial charge in [-0.2, -0.15) is 0 Å². The van der Waals surface area contributed by atoms with Crippen molar-refractivity contribution in [2.45, 2.75) is 123 Å². The smallest absolute Gasteiger partial charge is 0.345 e. The first-order valence-corrected chi connectivity index (χ1v) is 32.2. The number of aromatic nitrogens is 1. The van der Waals surface area contributed by atoms with Crippen LogP contribution in [0.2, 0.25) is 0 Å². The Kier molecular flexibility index (Phi) is 24.0. The van der Waals surface area contributed by atoms with Crippen LogP contribution in [0.15, 0.2) is 88.7 Å². The quantitative estimate of drug-likeness (QED) is 0.0170. The molecule has 4 aromatic rings. The number of fused-ring (bicyclic) bond motifs is 1. The van der Waals surface area contributed by atoms with E-state index in [1.807, 2.05) is 26.0 Å². The number of aliphatic carboxylic acids is 1. The molecule has 0 spiro atoms. The lowest BCUT2D eigenvalue weighted by Crippen LogP contribution is -2.39. The predicted octanol–water partition coefficient (Wildman–Crippen LogP) is 6.52. The summed E-state index contributed by atoms with van der Waals surface area (Å²) in [6, 6.07) is 20.8. The van der Waals surface area contributed by atoms with E-state index in [9.17, 15) is 59.1 Å². The van der Waals surface area contributed by atoms with Crippen LogP contribution >= 0.6 is 0 Å². The van der Waals surface area contributed by atoms with E-state index in [1.54, 1.807) is 88.4 Å². The lowest BCUT2D eigenvalue weighted by Gasteiger charge is -2.29. The van der Waals surface area contributed by atoms with Crippen molar-refractivity contribution in [1.82, 2.24) is 5.16 Å². The van der Waals surface area contributed by atoms with Crippen LogP contribution in [-0.4, -0.2) is 149 Å². The second kappa shape index (κ2) is 29.2. The summed E-state index contributed by atoms with van der Waals surface area (Å²) in [4.78, 5) is 68.3. The summed E-state index contributed by atoms with van der Waals surface area (Å²) < 4.78 is 103. The number of carboxylic acids is 1. The number of carbonyl (C=O) groups is 6. The van der Waals surface area contributed by atoms with Crippen molar-refractivity contribution >= 4 is 65.0 Å². The third-order valence-corrected chi connectivity index (χ3v) is 14.8. The Morgan fingerprint density at radius 3 is 1.35 bits per heavy atom. The summed E-state index contributed by atoms with van der Waals surface area (Å²) in [6.45, 7) is 11.4. The summed E-state index contributed by atoms with van der Waals surface area (Å²) >= 11 is 0. The van der Waals surface area contributed by atoms with Crippen molar-refractivity contribution < 1.29 is 97.2 Å². The highest BCUT2D eigenvalue weighted by Gasteiger charge is 2.40. The van der Waals surface area contributed by atoms with Gasteiger partial charge in [-0.05, 0) is 114 Å². The number of aliphatic hydroxyl groups excluding tert-OH is 1. The molecule has 0 amide bonds. The fourth-order valence-electron chi connectivity index (χ4n) is 8.15. The fraction of sp³-hybridized carbons (Fsp3) is 0.491. The van der Waals surface area contributed by atoms with Crippen LogP contribution in [0.4, 0.5) is 0 Å². The number of carbonyl (C=O) groups excluding carboxylic acids is 5. The zero-order chi connectivity index (χ0) is 61.3. The molecule has 0 unspecified atom stereocenters. The summed E-state index contributed by atoms with van der Waals surface area (Å²) in [7, 11) is -8.92. The zero-order valence-corrected chi connectivity index (χ0v) is 50.0. The van der Waals surface area contributed by atoms with Gasteiger partial charge in [0.1, 0.15) is 98.4 Å². The number of carboxylic acid groups (broad SMARTS) is 1. The van der Waals surface area contributed by atoms with Gasteiger partial charge in [0, 0.05) is 44.5 Å². The average molecular weight is 1200 g/mol. The molecule has 25 heteroatoms. The van der Waals surface area contributed by atoms with Crippen molar-refractivity contribution in [2.24, 2.45) is 0 Å². The normalized spacial score (nSPS) is 16.8. The van der Waals surface area contributed by atoms with Crippen LogP contribution in [0.5, 0.6) is 17.2 Å². The maximum Gasteiger partial charge on any atom is 0.345 e. The molecule has 3 aliphatic heterocycles. The number of Topliss-reactive ketones (excluding diaryl/α,β-unsaturated/α-hetero) is 2. The number of sulfone groups is 3. The molecule has 0 atom stereocenters. The summed E-state index contributed by atoms with van der Waals surface area (Å²) in [5.41, 5.74) is 1.08. The first-order valence-electron chi connectivity index (χ1n) is 26.0. The topological polar surface area (TPSA) is 327 Å². The molecule has 2 saturated heterocycles. The second-order valence-electron chi connectivity index (χ2n) is 21.8. The lowest BCUT2D eigenvalue weighted by atomic mass is 9.92. The monoisotopic (exact) mass is 1200 g/mol. The van der Waals surface area contributed by atoms with E-state index in [-0.39, 0.29) is 66.7 Å². The van der Waals surface area contributed by atoms with Crippen LogP contribution in [-0.2, 0) is 93.4 Å². The van der Waals surface area contributed by atoms with Crippen molar-refractivity contribution in [3.63, 3.8) is 0 Å². The number of nitrogens with zero attached hydrogens (tertiary/aromatic N) is 1. The van der Waals surface area contributed by atoms with Gasteiger partial charge in [0.05, 0.1) is 49.9 Å². The highest BCUT2D eigenvalue weighted by Crippen LogP contribution is 2.31. The summed E-state index contributed by atoms with van der Waals surface area (Å²) in [5, 5.41) is 22.9. The van der Waals surface area contributed by atoms with E-state index in [1.165, 1.54) is 18.8 Å². The van der Waals surface area contributed by atoms with Crippen molar-refractivity contribution in [3.05, 3.63) is 118 Å². The molecule has 1 aromatic heterocycles. The number of hydrogen-bond acceptors (Lipinski definition) is 21. The Morgan fingerprint density at radius 1 is 0.549 bits per heavy atom. The third kappa shape index (κ3) is 25.3. The number of hydrogen-bond donors (Lipinski definition) is 2. The molecule has 7 rings (SSSR count). The molecule has 450 valence electrons. The molecule has 4 heterocycles. The first-order chi connectivity index (χ1) is 38.0. The molecule has 2 N–H and O–H groups in total. The van der Waals surface area contributed by atoms with E-state index in [0.717, 1.165) is 5.56 Å². The fourth-order valence-corrected chi connectivity index (χ4v) is 10.1. The maximum absolute atomic E-state index is 12.3. The van der Waals surface area contributed by atoms with Crippen molar-refractivity contribution in [3.8, 4) is 17.2 Å². The van der Waals surface area contributed by atoms with Gasteiger partial charge in [0.15, 0.2) is 11.5 Å². The molecule has 0 bridgehead atoms. The van der Waals surface area contributed by atoms with Gasteiger partial charge < -0.3 is 43.2 Å². The Balaban J connectivity index is 0.000000248. The molecule has 0 radical (unpaired) electrons. The minimum Gasteiger partial charge on any atom is -0.511 e. The maximum atomic E-state index is 12.3. The van der Waals surface area contributed by atoms with Crippen LogP contribution in [0.1, 0.15) is 119 Å².